The van der Waals surface area contributed by atoms with Gasteiger partial charge in [-0.15, -0.1) is 0 Å². The summed E-state index contributed by atoms with van der Waals surface area (Å²) in [6.45, 7) is 4.36. The van der Waals surface area contributed by atoms with Crippen LogP contribution in [0.4, 0.5) is 13.2 Å². The van der Waals surface area contributed by atoms with Gasteiger partial charge in [-0.2, -0.15) is 18.3 Å². The first-order valence-corrected chi connectivity index (χ1v) is 6.64. The van der Waals surface area contributed by atoms with Gasteiger partial charge in [0, 0.05) is 6.20 Å². The molecule has 0 aliphatic heterocycles. The summed E-state index contributed by atoms with van der Waals surface area (Å²) < 4.78 is 49.2. The number of aromatic nitrogens is 2. The zero-order chi connectivity index (χ0) is 17.8. The first-order valence-electron chi connectivity index (χ1n) is 6.64. The minimum Gasteiger partial charge on any atom is -0.468 e. The molecule has 6 nitrogen and oxygen atoms in total. The standard InChI is InChI=1S/C14H17F3N2O4/c1-5-23-11(20)9-8-18-19(10(9)14(15,16)17)7-6-13(2,3)12(21)22-4/h6-8H,5H2,1-4H3/b7-6+. The van der Waals surface area contributed by atoms with E-state index in [2.05, 4.69) is 14.6 Å². The molecule has 0 atom stereocenters. The van der Waals surface area contributed by atoms with Crippen LogP contribution in [0, 0.1) is 5.41 Å². The molecule has 1 heterocycles. The lowest BCUT2D eigenvalue weighted by Gasteiger charge is -2.16. The third kappa shape index (κ3) is 4.33. The first-order chi connectivity index (χ1) is 10.5. The number of halogens is 3. The van der Waals surface area contributed by atoms with Crippen molar-refractivity contribution in [2.75, 3.05) is 13.7 Å². The monoisotopic (exact) mass is 334 g/mol. The van der Waals surface area contributed by atoms with E-state index >= 15 is 0 Å². The van der Waals surface area contributed by atoms with Crippen molar-refractivity contribution in [3.8, 4) is 0 Å². The molecule has 1 aromatic heterocycles. The molecule has 0 saturated carbocycles. The van der Waals surface area contributed by atoms with Crippen LogP contribution in [0.3, 0.4) is 0 Å². The Morgan fingerprint density at radius 3 is 2.43 bits per heavy atom. The third-order valence-electron chi connectivity index (χ3n) is 2.90. The van der Waals surface area contributed by atoms with Crippen LogP contribution >= 0.6 is 0 Å². The number of hydrogen-bond acceptors (Lipinski definition) is 5. The van der Waals surface area contributed by atoms with Crippen LogP contribution in [-0.2, 0) is 20.4 Å². The van der Waals surface area contributed by atoms with Gasteiger partial charge in [0.15, 0.2) is 5.69 Å². The van der Waals surface area contributed by atoms with Gasteiger partial charge in [0.1, 0.15) is 5.56 Å². The Hall–Kier alpha value is -2.32. The number of methoxy groups -OCH3 is 1. The van der Waals surface area contributed by atoms with Gasteiger partial charge in [-0.05, 0) is 26.8 Å². The van der Waals surface area contributed by atoms with Crippen molar-refractivity contribution in [3.63, 3.8) is 0 Å². The van der Waals surface area contributed by atoms with E-state index in [9.17, 15) is 22.8 Å². The van der Waals surface area contributed by atoms with E-state index in [1.807, 2.05) is 0 Å². The molecule has 0 saturated heterocycles. The SMILES string of the molecule is CCOC(=O)c1cnn(/C=C/C(C)(C)C(=O)OC)c1C(F)(F)F. The van der Waals surface area contributed by atoms with Gasteiger partial charge in [-0.1, -0.05) is 0 Å². The number of carbonyl (C=O) groups excluding carboxylic acids is 2. The number of ether oxygens (including phenoxy) is 2. The maximum atomic E-state index is 13.2. The van der Waals surface area contributed by atoms with Crippen LogP contribution in [-0.4, -0.2) is 35.4 Å². The third-order valence-corrected chi connectivity index (χ3v) is 2.90. The van der Waals surface area contributed by atoms with Crippen LogP contribution in [0.25, 0.3) is 6.20 Å². The fourth-order valence-electron chi connectivity index (χ4n) is 1.70. The predicted octanol–water partition coefficient (Wildman–Crippen LogP) is 2.75. The molecule has 0 aliphatic rings. The van der Waals surface area contributed by atoms with Gasteiger partial charge in [0.25, 0.3) is 0 Å². The highest BCUT2D eigenvalue weighted by Crippen LogP contribution is 2.33. The fraction of sp³-hybridized carbons (Fsp3) is 0.500. The minimum absolute atomic E-state index is 0.0630. The Kier molecular flexibility index (Phi) is 5.57. The molecule has 0 aliphatic carbocycles. The largest absolute Gasteiger partial charge is 0.468 e. The Balaban J connectivity index is 3.28. The van der Waals surface area contributed by atoms with Crippen LogP contribution in [0.2, 0.25) is 0 Å². The smallest absolute Gasteiger partial charge is 0.434 e. The predicted molar refractivity (Wildman–Crippen MR) is 74.3 cm³/mol. The van der Waals surface area contributed by atoms with Gasteiger partial charge >= 0.3 is 18.1 Å². The van der Waals surface area contributed by atoms with Gasteiger partial charge < -0.3 is 9.47 Å². The van der Waals surface area contributed by atoms with E-state index in [1.165, 1.54) is 34.0 Å². The normalized spacial score (nSPS) is 12.5. The van der Waals surface area contributed by atoms with Crippen molar-refractivity contribution in [1.29, 1.82) is 0 Å². The molecule has 0 bridgehead atoms. The molecule has 0 radical (unpaired) electrons. The lowest BCUT2D eigenvalue weighted by atomic mass is 9.94. The van der Waals surface area contributed by atoms with Crippen molar-refractivity contribution in [2.45, 2.75) is 26.9 Å². The van der Waals surface area contributed by atoms with Gasteiger partial charge in [-0.25, -0.2) is 9.48 Å². The molecule has 1 rings (SSSR count). The van der Waals surface area contributed by atoms with Crippen LogP contribution in [0.5, 0.6) is 0 Å². The summed E-state index contributed by atoms with van der Waals surface area (Å²) in [7, 11) is 1.17. The Labute approximate surface area is 130 Å². The highest BCUT2D eigenvalue weighted by molar-refractivity contribution is 5.90. The average molecular weight is 334 g/mol. The Bertz CT molecular complexity index is 618. The molecule has 9 heteroatoms. The van der Waals surface area contributed by atoms with E-state index in [-0.39, 0.29) is 6.61 Å². The van der Waals surface area contributed by atoms with Crippen molar-refractivity contribution in [3.05, 3.63) is 23.5 Å². The second kappa shape index (κ2) is 6.84. The van der Waals surface area contributed by atoms with Gasteiger partial charge in [0.05, 0.1) is 25.3 Å². The lowest BCUT2D eigenvalue weighted by Crippen LogP contribution is -2.23. The number of hydrogen-bond donors (Lipinski definition) is 0. The van der Waals surface area contributed by atoms with E-state index in [0.717, 1.165) is 12.4 Å². The Morgan fingerprint density at radius 1 is 1.35 bits per heavy atom. The topological polar surface area (TPSA) is 70.4 Å². The molecule has 0 spiro atoms. The summed E-state index contributed by atoms with van der Waals surface area (Å²) in [5.41, 5.74) is -3.12. The van der Waals surface area contributed by atoms with Gasteiger partial charge in [0.2, 0.25) is 0 Å². The number of rotatable bonds is 5. The molecule has 128 valence electrons. The summed E-state index contributed by atoms with van der Waals surface area (Å²) in [5.74, 6) is -1.74. The van der Waals surface area contributed by atoms with E-state index in [0.29, 0.717) is 4.68 Å². The molecule has 1 aromatic rings. The van der Waals surface area contributed by atoms with E-state index in [1.54, 1.807) is 0 Å². The maximum absolute atomic E-state index is 13.2. The van der Waals surface area contributed by atoms with Crippen molar-refractivity contribution in [2.24, 2.45) is 5.41 Å². The summed E-state index contributed by atoms with van der Waals surface area (Å²) in [4.78, 5) is 23.1. The number of alkyl halides is 3. The molecule has 0 N–H and O–H groups in total. The molecule has 23 heavy (non-hydrogen) atoms. The number of nitrogens with zero attached hydrogens (tertiary/aromatic N) is 2. The lowest BCUT2D eigenvalue weighted by molar-refractivity contribution is -0.148. The van der Waals surface area contributed by atoms with E-state index in [4.69, 9.17) is 0 Å². The minimum atomic E-state index is -4.82. The van der Waals surface area contributed by atoms with Crippen molar-refractivity contribution >= 4 is 18.1 Å². The average Bonchev–Trinajstić information content (AvgIpc) is 2.88. The zero-order valence-corrected chi connectivity index (χ0v) is 13.1. The van der Waals surface area contributed by atoms with Crippen LogP contribution in [0.1, 0.15) is 36.8 Å². The van der Waals surface area contributed by atoms with Crippen molar-refractivity contribution in [1.82, 2.24) is 9.78 Å². The first kappa shape index (κ1) is 18.7. The molecule has 0 fully saturated rings. The van der Waals surface area contributed by atoms with E-state index < -0.39 is 34.8 Å². The van der Waals surface area contributed by atoms with Gasteiger partial charge in [-0.3, -0.25) is 4.79 Å². The molecule has 0 aromatic carbocycles. The summed E-state index contributed by atoms with van der Waals surface area (Å²) in [6, 6.07) is 0. The molecular weight excluding hydrogens is 317 g/mol. The highest BCUT2D eigenvalue weighted by Gasteiger charge is 2.40. The molecular formula is C14H17F3N2O4. The summed E-state index contributed by atoms with van der Waals surface area (Å²) >= 11 is 0. The van der Waals surface area contributed by atoms with Crippen LogP contribution in [0.15, 0.2) is 12.3 Å². The number of carbonyl (C=O) groups is 2. The summed E-state index contributed by atoms with van der Waals surface area (Å²) in [5, 5.41) is 3.53. The zero-order valence-electron chi connectivity index (χ0n) is 13.1. The Morgan fingerprint density at radius 2 is 1.96 bits per heavy atom. The molecule has 0 unspecified atom stereocenters. The maximum Gasteiger partial charge on any atom is 0.434 e. The fourth-order valence-corrected chi connectivity index (χ4v) is 1.70. The second-order valence-corrected chi connectivity index (χ2v) is 5.10. The quantitative estimate of drug-likeness (QED) is 0.775. The van der Waals surface area contributed by atoms with Crippen molar-refractivity contribution < 1.29 is 32.2 Å². The molecule has 0 amide bonds. The number of esters is 2. The second-order valence-electron chi connectivity index (χ2n) is 5.10. The summed E-state index contributed by atoms with van der Waals surface area (Å²) in [6.07, 6.45) is -1.88. The van der Waals surface area contributed by atoms with Crippen LogP contribution < -0.4 is 0 Å². The highest BCUT2D eigenvalue weighted by atomic mass is 19.4.